The molecule has 1 amide bonds. The minimum atomic E-state index is -1.03. The molecule has 2 heterocycles. The van der Waals surface area contributed by atoms with Gasteiger partial charge in [-0.15, -0.1) is 0 Å². The Labute approximate surface area is 246 Å². The summed E-state index contributed by atoms with van der Waals surface area (Å²) in [6.45, 7) is 8.90. The van der Waals surface area contributed by atoms with E-state index < -0.39 is 23.8 Å². The highest BCUT2D eigenvalue weighted by Crippen LogP contribution is 2.42. The number of anilines is 1. The Morgan fingerprint density at radius 2 is 1.79 bits per heavy atom. The van der Waals surface area contributed by atoms with Gasteiger partial charge in [0, 0.05) is 30.1 Å². The van der Waals surface area contributed by atoms with Crippen LogP contribution in [0.25, 0.3) is 0 Å². The minimum Gasteiger partial charge on any atom is -0.481 e. The molecule has 0 aliphatic carbocycles. The summed E-state index contributed by atoms with van der Waals surface area (Å²) < 4.78 is 18.8. The number of nitrogens with one attached hydrogen (secondary N) is 1. The molecule has 228 valence electrons. The summed E-state index contributed by atoms with van der Waals surface area (Å²) in [6.07, 6.45) is -0.145. The van der Waals surface area contributed by atoms with E-state index in [0.717, 1.165) is 30.5 Å². The first kappa shape index (κ1) is 31.6. The van der Waals surface area contributed by atoms with Crippen molar-refractivity contribution >= 4 is 23.5 Å². The predicted molar refractivity (Wildman–Crippen MR) is 155 cm³/mol. The maximum atomic E-state index is 13.0. The van der Waals surface area contributed by atoms with Crippen molar-refractivity contribution in [1.29, 1.82) is 0 Å². The van der Waals surface area contributed by atoms with E-state index in [1.165, 1.54) is 0 Å². The minimum absolute atomic E-state index is 0.0539. The SMILES string of the molecule is CC1C(CN2CCCC2C(=O)OC(C)(C)C)OC(c2cccc(NC(=O)CCC(=O)O)c2)OC1c1ccc(CO)cc1. The number of aliphatic hydroxyl groups is 1. The van der Waals surface area contributed by atoms with Gasteiger partial charge >= 0.3 is 11.9 Å². The number of carboxylic acid groups (broad SMARTS) is 1. The molecule has 42 heavy (non-hydrogen) atoms. The molecule has 2 fully saturated rings. The van der Waals surface area contributed by atoms with E-state index in [9.17, 15) is 19.5 Å². The lowest BCUT2D eigenvalue weighted by atomic mass is 9.90. The van der Waals surface area contributed by atoms with E-state index in [0.29, 0.717) is 17.8 Å². The number of carbonyl (C=O) groups excluding carboxylic acids is 2. The van der Waals surface area contributed by atoms with Gasteiger partial charge in [0.2, 0.25) is 5.91 Å². The number of likely N-dealkylation sites (tertiary alicyclic amines) is 1. The molecular formula is C32H42N2O8. The largest absolute Gasteiger partial charge is 0.481 e. The Morgan fingerprint density at radius 1 is 1.05 bits per heavy atom. The van der Waals surface area contributed by atoms with Crippen LogP contribution in [0.1, 0.15) is 82.5 Å². The first-order chi connectivity index (χ1) is 19.9. The van der Waals surface area contributed by atoms with Gasteiger partial charge in [0.05, 0.1) is 25.2 Å². The first-order valence-corrected chi connectivity index (χ1v) is 14.5. The summed E-state index contributed by atoms with van der Waals surface area (Å²) in [6, 6.07) is 14.4. The third-order valence-electron chi connectivity index (χ3n) is 7.59. The van der Waals surface area contributed by atoms with Gasteiger partial charge in [-0.05, 0) is 63.4 Å². The number of amides is 1. The highest BCUT2D eigenvalue weighted by atomic mass is 16.7. The number of hydrogen-bond donors (Lipinski definition) is 3. The highest BCUT2D eigenvalue weighted by molar-refractivity contribution is 5.92. The zero-order valence-corrected chi connectivity index (χ0v) is 24.7. The molecule has 2 aliphatic heterocycles. The van der Waals surface area contributed by atoms with E-state index in [1.807, 2.05) is 51.1 Å². The van der Waals surface area contributed by atoms with Gasteiger partial charge in [0.15, 0.2) is 6.29 Å². The van der Waals surface area contributed by atoms with Gasteiger partial charge < -0.3 is 29.7 Å². The van der Waals surface area contributed by atoms with E-state index in [-0.39, 0.29) is 49.6 Å². The molecule has 2 aromatic carbocycles. The van der Waals surface area contributed by atoms with Crippen molar-refractivity contribution in [2.45, 2.75) is 90.1 Å². The smallest absolute Gasteiger partial charge is 0.323 e. The molecule has 3 N–H and O–H groups in total. The van der Waals surface area contributed by atoms with Crippen LogP contribution in [-0.4, -0.2) is 63.8 Å². The summed E-state index contributed by atoms with van der Waals surface area (Å²) >= 11 is 0. The fraction of sp³-hybridized carbons (Fsp3) is 0.531. The number of rotatable bonds is 10. The van der Waals surface area contributed by atoms with Crippen LogP contribution >= 0.6 is 0 Å². The van der Waals surface area contributed by atoms with Gasteiger partial charge in [0.1, 0.15) is 11.6 Å². The molecular weight excluding hydrogens is 540 g/mol. The Hall–Kier alpha value is -3.31. The summed E-state index contributed by atoms with van der Waals surface area (Å²) in [5, 5.41) is 21.2. The Kier molecular flexibility index (Phi) is 10.4. The van der Waals surface area contributed by atoms with Crippen LogP contribution in [0.15, 0.2) is 48.5 Å². The quantitative estimate of drug-likeness (QED) is 0.344. The lowest BCUT2D eigenvalue weighted by molar-refractivity contribution is -0.276. The maximum absolute atomic E-state index is 13.0. The second-order valence-electron chi connectivity index (χ2n) is 12.1. The predicted octanol–water partition coefficient (Wildman–Crippen LogP) is 4.58. The van der Waals surface area contributed by atoms with Crippen LogP contribution in [0.3, 0.4) is 0 Å². The summed E-state index contributed by atoms with van der Waals surface area (Å²) in [4.78, 5) is 38.3. The second kappa shape index (κ2) is 13.8. The number of benzene rings is 2. The number of esters is 1. The molecule has 5 unspecified atom stereocenters. The summed E-state index contributed by atoms with van der Waals surface area (Å²) in [7, 11) is 0. The van der Waals surface area contributed by atoms with Crippen molar-refractivity contribution in [3.63, 3.8) is 0 Å². The van der Waals surface area contributed by atoms with E-state index in [1.54, 1.807) is 18.2 Å². The molecule has 2 aliphatic rings. The van der Waals surface area contributed by atoms with Gasteiger partial charge in [-0.3, -0.25) is 19.3 Å². The van der Waals surface area contributed by atoms with Crippen LogP contribution in [0.5, 0.6) is 0 Å². The third-order valence-corrected chi connectivity index (χ3v) is 7.59. The molecule has 0 spiro atoms. The zero-order chi connectivity index (χ0) is 30.4. The van der Waals surface area contributed by atoms with Crippen LogP contribution in [0, 0.1) is 5.92 Å². The Balaban J connectivity index is 1.57. The van der Waals surface area contributed by atoms with Crippen LogP contribution in [-0.2, 0) is 35.2 Å². The fourth-order valence-electron chi connectivity index (χ4n) is 5.45. The van der Waals surface area contributed by atoms with Gasteiger partial charge in [0.25, 0.3) is 0 Å². The van der Waals surface area contributed by atoms with Crippen LogP contribution in [0.4, 0.5) is 5.69 Å². The molecule has 10 heteroatoms. The molecule has 4 rings (SSSR count). The normalized spacial score (nSPS) is 24.7. The number of carbonyl (C=O) groups is 3. The maximum Gasteiger partial charge on any atom is 0.323 e. The molecule has 5 atom stereocenters. The van der Waals surface area contributed by atoms with Crippen molar-refractivity contribution in [1.82, 2.24) is 4.90 Å². The average Bonchev–Trinajstić information content (AvgIpc) is 3.41. The zero-order valence-electron chi connectivity index (χ0n) is 24.7. The Bertz CT molecular complexity index is 1240. The lowest BCUT2D eigenvalue weighted by Gasteiger charge is -2.43. The fourth-order valence-corrected chi connectivity index (χ4v) is 5.45. The standard InChI is InChI=1S/C32H42N2O8/c1-20-26(18-34-16-6-9-25(34)30(39)42-32(2,3)4)40-31(41-29(20)22-12-10-21(19-35)11-13-22)23-7-5-8-24(17-23)33-27(36)14-15-28(37)38/h5,7-8,10-13,17,20,25-26,29,31,35H,6,9,14-16,18-19H2,1-4H3,(H,33,36)(H,37,38). The van der Waals surface area contributed by atoms with Gasteiger partial charge in [-0.1, -0.05) is 43.3 Å². The number of aliphatic carboxylic acids is 1. The van der Waals surface area contributed by atoms with Crippen molar-refractivity contribution in [2.75, 3.05) is 18.4 Å². The van der Waals surface area contributed by atoms with Crippen molar-refractivity contribution in [3.05, 3.63) is 65.2 Å². The van der Waals surface area contributed by atoms with Gasteiger partial charge in [-0.2, -0.15) is 0 Å². The van der Waals surface area contributed by atoms with Crippen LogP contribution in [0.2, 0.25) is 0 Å². The van der Waals surface area contributed by atoms with Crippen molar-refractivity contribution in [3.8, 4) is 0 Å². The molecule has 0 bridgehead atoms. The first-order valence-electron chi connectivity index (χ1n) is 14.5. The number of aliphatic hydroxyl groups excluding tert-OH is 1. The molecule has 0 saturated carbocycles. The Morgan fingerprint density at radius 3 is 2.45 bits per heavy atom. The molecule has 2 aromatic rings. The topological polar surface area (TPSA) is 135 Å². The number of ether oxygens (including phenoxy) is 3. The van der Waals surface area contributed by atoms with E-state index in [4.69, 9.17) is 19.3 Å². The summed E-state index contributed by atoms with van der Waals surface area (Å²) in [5.74, 6) is -1.72. The number of hydrogen-bond acceptors (Lipinski definition) is 8. The second-order valence-corrected chi connectivity index (χ2v) is 12.1. The molecule has 0 radical (unpaired) electrons. The van der Waals surface area contributed by atoms with E-state index >= 15 is 0 Å². The third kappa shape index (κ3) is 8.38. The van der Waals surface area contributed by atoms with Crippen LogP contribution < -0.4 is 5.32 Å². The lowest BCUT2D eigenvalue weighted by Crippen LogP contribution is -2.48. The van der Waals surface area contributed by atoms with Gasteiger partial charge in [-0.25, -0.2) is 0 Å². The monoisotopic (exact) mass is 582 g/mol. The molecule has 10 nitrogen and oxygen atoms in total. The van der Waals surface area contributed by atoms with Crippen molar-refractivity contribution < 1.29 is 38.8 Å². The highest BCUT2D eigenvalue weighted by Gasteiger charge is 2.42. The van der Waals surface area contributed by atoms with Crippen molar-refractivity contribution in [2.24, 2.45) is 5.92 Å². The summed E-state index contributed by atoms with van der Waals surface area (Å²) in [5.41, 5.74) is 2.39. The number of nitrogens with zero attached hydrogens (tertiary/aromatic N) is 1. The van der Waals surface area contributed by atoms with E-state index in [2.05, 4.69) is 17.1 Å². The molecule has 2 saturated heterocycles. The molecule has 0 aromatic heterocycles. The average molecular weight is 583 g/mol. The number of carboxylic acids is 1.